The van der Waals surface area contributed by atoms with E-state index in [0.717, 1.165) is 17.7 Å². The molecule has 0 saturated carbocycles. The van der Waals surface area contributed by atoms with E-state index in [1.807, 2.05) is 6.92 Å². The highest BCUT2D eigenvalue weighted by Crippen LogP contribution is 2.18. The number of ether oxygens (including phenoxy) is 1. The smallest absolute Gasteiger partial charge is 0.251 e. The molecule has 2 rings (SSSR count). The zero-order chi connectivity index (χ0) is 20.0. The van der Waals surface area contributed by atoms with Crippen molar-refractivity contribution in [3.05, 3.63) is 59.7 Å². The van der Waals surface area contributed by atoms with Gasteiger partial charge in [0.15, 0.2) is 9.84 Å². The average molecular weight is 390 g/mol. The number of carbonyl (C=O) groups is 1. The first-order valence-corrected chi connectivity index (χ1v) is 10.9. The Kier molecular flexibility index (Phi) is 7.02. The molecule has 0 saturated heterocycles. The summed E-state index contributed by atoms with van der Waals surface area (Å²) in [5.74, 6) is 1.14. The van der Waals surface area contributed by atoms with Crippen LogP contribution in [0.2, 0.25) is 0 Å². The van der Waals surface area contributed by atoms with Gasteiger partial charge in [-0.3, -0.25) is 4.79 Å². The van der Waals surface area contributed by atoms with E-state index >= 15 is 0 Å². The maximum Gasteiger partial charge on any atom is 0.251 e. The van der Waals surface area contributed by atoms with Crippen LogP contribution in [0.15, 0.2) is 53.4 Å². The Bertz CT molecular complexity index is 856. The molecular weight excluding hydrogens is 362 g/mol. The minimum absolute atomic E-state index is 0.191. The van der Waals surface area contributed by atoms with Gasteiger partial charge in [0.2, 0.25) is 0 Å². The summed E-state index contributed by atoms with van der Waals surface area (Å²) >= 11 is 0. The lowest BCUT2D eigenvalue weighted by Crippen LogP contribution is -2.26. The molecule has 1 unspecified atom stereocenters. The second kappa shape index (κ2) is 9.04. The van der Waals surface area contributed by atoms with Gasteiger partial charge in [-0.1, -0.05) is 26.0 Å². The molecule has 0 aliphatic rings. The number of benzene rings is 2. The quantitative estimate of drug-likeness (QED) is 0.740. The Labute approximate surface area is 161 Å². The first-order valence-electron chi connectivity index (χ1n) is 9.00. The highest BCUT2D eigenvalue weighted by Gasteiger charge is 2.13. The Morgan fingerprint density at radius 1 is 1.00 bits per heavy atom. The molecule has 1 amide bonds. The SMILES string of the molecule is CC(C)CCOc1ccc(C(=O)NC(C)c2ccc(S(C)(=O)=O)cc2)cc1. The molecule has 146 valence electrons. The van der Waals surface area contributed by atoms with E-state index in [1.165, 1.54) is 6.26 Å². The molecule has 0 aliphatic heterocycles. The first-order chi connectivity index (χ1) is 12.7. The van der Waals surface area contributed by atoms with Crippen molar-refractivity contribution in [2.24, 2.45) is 5.92 Å². The van der Waals surface area contributed by atoms with Crippen molar-refractivity contribution in [3.8, 4) is 5.75 Å². The van der Waals surface area contributed by atoms with Gasteiger partial charge in [0.25, 0.3) is 5.91 Å². The van der Waals surface area contributed by atoms with Crippen LogP contribution in [0.4, 0.5) is 0 Å². The van der Waals surface area contributed by atoms with Crippen LogP contribution in [0.5, 0.6) is 5.75 Å². The van der Waals surface area contributed by atoms with E-state index in [-0.39, 0.29) is 16.8 Å². The summed E-state index contributed by atoms with van der Waals surface area (Å²) in [5, 5.41) is 2.92. The number of nitrogens with one attached hydrogen (secondary N) is 1. The predicted octanol–water partition coefficient (Wildman–Crippen LogP) is 4.01. The Morgan fingerprint density at radius 3 is 2.11 bits per heavy atom. The molecule has 0 bridgehead atoms. The summed E-state index contributed by atoms with van der Waals surface area (Å²) in [6.07, 6.45) is 2.15. The van der Waals surface area contributed by atoms with E-state index in [0.29, 0.717) is 18.1 Å². The van der Waals surface area contributed by atoms with E-state index in [2.05, 4.69) is 19.2 Å². The van der Waals surface area contributed by atoms with E-state index in [1.54, 1.807) is 48.5 Å². The van der Waals surface area contributed by atoms with Gasteiger partial charge in [0.1, 0.15) is 5.75 Å². The third-order valence-electron chi connectivity index (χ3n) is 4.24. The van der Waals surface area contributed by atoms with Crippen LogP contribution in [-0.4, -0.2) is 27.2 Å². The monoisotopic (exact) mass is 389 g/mol. The average Bonchev–Trinajstić information content (AvgIpc) is 2.61. The van der Waals surface area contributed by atoms with Crippen LogP contribution in [0.3, 0.4) is 0 Å². The molecule has 1 atom stereocenters. The van der Waals surface area contributed by atoms with E-state index < -0.39 is 9.84 Å². The van der Waals surface area contributed by atoms with Crippen molar-refractivity contribution in [3.63, 3.8) is 0 Å². The van der Waals surface area contributed by atoms with Crippen LogP contribution < -0.4 is 10.1 Å². The van der Waals surface area contributed by atoms with Gasteiger partial charge in [-0.15, -0.1) is 0 Å². The van der Waals surface area contributed by atoms with Crippen molar-refractivity contribution >= 4 is 15.7 Å². The lowest BCUT2D eigenvalue weighted by atomic mass is 10.1. The standard InChI is InChI=1S/C21H27NO4S/c1-15(2)13-14-26-19-9-5-18(6-10-19)21(23)22-16(3)17-7-11-20(12-8-17)27(4,24)25/h5-12,15-16H,13-14H2,1-4H3,(H,22,23). The molecule has 0 aliphatic carbocycles. The largest absolute Gasteiger partial charge is 0.494 e. The van der Waals surface area contributed by atoms with Gasteiger partial charge in [-0.2, -0.15) is 0 Å². The molecule has 0 spiro atoms. The van der Waals surface area contributed by atoms with Crippen LogP contribution in [-0.2, 0) is 9.84 Å². The van der Waals surface area contributed by atoms with Crippen molar-refractivity contribution in [2.75, 3.05) is 12.9 Å². The van der Waals surface area contributed by atoms with Crippen LogP contribution >= 0.6 is 0 Å². The Hall–Kier alpha value is -2.34. The van der Waals surface area contributed by atoms with E-state index in [4.69, 9.17) is 4.74 Å². The van der Waals surface area contributed by atoms with Gasteiger partial charge < -0.3 is 10.1 Å². The summed E-state index contributed by atoms with van der Waals surface area (Å²) in [7, 11) is -3.23. The fourth-order valence-electron chi connectivity index (χ4n) is 2.48. The molecule has 27 heavy (non-hydrogen) atoms. The fraction of sp³-hybridized carbons (Fsp3) is 0.381. The summed E-state index contributed by atoms with van der Waals surface area (Å²) in [5.41, 5.74) is 1.38. The molecule has 2 aromatic rings. The normalized spacial score (nSPS) is 12.6. The van der Waals surface area contributed by atoms with Crippen molar-refractivity contribution < 1.29 is 17.9 Å². The number of amides is 1. The van der Waals surface area contributed by atoms with Gasteiger partial charge in [0.05, 0.1) is 17.5 Å². The third-order valence-corrected chi connectivity index (χ3v) is 5.36. The van der Waals surface area contributed by atoms with Crippen LogP contribution in [0.1, 0.15) is 49.2 Å². The third kappa shape index (κ3) is 6.40. The number of sulfone groups is 1. The minimum atomic E-state index is -3.23. The lowest BCUT2D eigenvalue weighted by Gasteiger charge is -2.15. The minimum Gasteiger partial charge on any atom is -0.494 e. The molecule has 0 radical (unpaired) electrons. The van der Waals surface area contributed by atoms with Gasteiger partial charge in [-0.05, 0) is 61.2 Å². The van der Waals surface area contributed by atoms with Gasteiger partial charge in [0, 0.05) is 11.8 Å². The lowest BCUT2D eigenvalue weighted by molar-refractivity contribution is 0.0940. The second-order valence-electron chi connectivity index (χ2n) is 7.09. The first kappa shape index (κ1) is 21.0. The molecule has 5 nitrogen and oxygen atoms in total. The van der Waals surface area contributed by atoms with E-state index in [9.17, 15) is 13.2 Å². The number of rotatable bonds is 8. The molecule has 0 fully saturated rings. The summed E-state index contributed by atoms with van der Waals surface area (Å²) in [6, 6.07) is 13.3. The molecule has 2 aromatic carbocycles. The predicted molar refractivity (Wildman–Crippen MR) is 107 cm³/mol. The molecular formula is C21H27NO4S. The highest BCUT2D eigenvalue weighted by atomic mass is 32.2. The van der Waals surface area contributed by atoms with Crippen molar-refractivity contribution in [1.82, 2.24) is 5.32 Å². The number of hydrogen-bond acceptors (Lipinski definition) is 4. The van der Waals surface area contributed by atoms with Crippen molar-refractivity contribution in [1.29, 1.82) is 0 Å². The van der Waals surface area contributed by atoms with Gasteiger partial charge >= 0.3 is 0 Å². The molecule has 0 aromatic heterocycles. The summed E-state index contributed by atoms with van der Waals surface area (Å²) < 4.78 is 28.7. The highest BCUT2D eigenvalue weighted by molar-refractivity contribution is 7.90. The van der Waals surface area contributed by atoms with Gasteiger partial charge in [-0.25, -0.2) is 8.42 Å². The topological polar surface area (TPSA) is 72.5 Å². The molecule has 0 heterocycles. The number of hydrogen-bond donors (Lipinski definition) is 1. The van der Waals surface area contributed by atoms with Crippen LogP contribution in [0, 0.1) is 5.92 Å². The van der Waals surface area contributed by atoms with Crippen molar-refractivity contribution in [2.45, 2.75) is 38.1 Å². The maximum absolute atomic E-state index is 12.4. The zero-order valence-corrected chi connectivity index (χ0v) is 17.0. The molecule has 1 N–H and O–H groups in total. The number of carbonyl (C=O) groups excluding carboxylic acids is 1. The summed E-state index contributed by atoms with van der Waals surface area (Å²) in [6.45, 7) is 6.81. The van der Waals surface area contributed by atoms with Crippen LogP contribution in [0.25, 0.3) is 0 Å². The zero-order valence-electron chi connectivity index (χ0n) is 16.2. The Balaban J connectivity index is 1.95. The fourth-order valence-corrected chi connectivity index (χ4v) is 3.11. The maximum atomic E-state index is 12.4. The second-order valence-corrected chi connectivity index (χ2v) is 9.11. The Morgan fingerprint density at radius 2 is 1.59 bits per heavy atom. The summed E-state index contributed by atoms with van der Waals surface area (Å²) in [4.78, 5) is 12.7. The molecule has 6 heteroatoms.